The molecule has 2 heterocycles. The van der Waals surface area contributed by atoms with Gasteiger partial charge in [-0.3, -0.25) is 4.57 Å². The van der Waals surface area contributed by atoms with E-state index in [1.54, 1.807) is 6.08 Å². The van der Waals surface area contributed by atoms with E-state index >= 15 is 0 Å². The Morgan fingerprint density at radius 2 is 1.96 bits per heavy atom. The first-order chi connectivity index (χ1) is 11.9. The van der Waals surface area contributed by atoms with Gasteiger partial charge in [0.2, 0.25) is 5.88 Å². The van der Waals surface area contributed by atoms with Gasteiger partial charge in [-0.15, -0.1) is 11.3 Å². The second-order valence-corrected chi connectivity index (χ2v) is 7.49. The van der Waals surface area contributed by atoms with Gasteiger partial charge in [-0.1, -0.05) is 32.4 Å². The highest BCUT2D eigenvalue weighted by Crippen LogP contribution is 2.35. The molecule has 0 bridgehead atoms. The molecule has 1 aromatic carbocycles. The van der Waals surface area contributed by atoms with Gasteiger partial charge in [0.15, 0.2) is 9.78 Å². The Labute approximate surface area is 153 Å². The second kappa shape index (κ2) is 6.89. The molecule has 8 heteroatoms. The van der Waals surface area contributed by atoms with Crippen LogP contribution in [0.3, 0.4) is 0 Å². The number of carboxylic acids is 1. The number of carboxylic acid groups (broad SMARTS) is 1. The summed E-state index contributed by atoms with van der Waals surface area (Å²) < 4.78 is 1.62. The van der Waals surface area contributed by atoms with E-state index in [9.17, 15) is 15.0 Å². The number of benzene rings is 1. The molecular formula is C17H17N3O3S2. The molecule has 0 spiro atoms. The van der Waals surface area contributed by atoms with Gasteiger partial charge < -0.3 is 10.2 Å². The van der Waals surface area contributed by atoms with Crippen molar-refractivity contribution in [2.24, 2.45) is 15.9 Å². The molecule has 0 aliphatic carbocycles. The summed E-state index contributed by atoms with van der Waals surface area (Å²) in [6.45, 7) is 3.73. The van der Waals surface area contributed by atoms with E-state index in [2.05, 4.69) is 9.98 Å². The third kappa shape index (κ3) is 3.27. The van der Waals surface area contributed by atoms with Crippen LogP contribution >= 0.6 is 23.6 Å². The predicted octanol–water partition coefficient (Wildman–Crippen LogP) is 2.91. The summed E-state index contributed by atoms with van der Waals surface area (Å²) in [6.07, 6.45) is 2.28. The maximum Gasteiger partial charge on any atom is 0.327 e. The van der Waals surface area contributed by atoms with Crippen molar-refractivity contribution >= 4 is 35.6 Å². The number of hydrogen-bond acceptors (Lipinski definition) is 6. The number of aliphatic carboxylic acids is 1. The van der Waals surface area contributed by atoms with Gasteiger partial charge in [0.05, 0.1) is 15.6 Å². The Bertz CT molecular complexity index is 999. The van der Waals surface area contributed by atoms with Crippen LogP contribution in [0, 0.1) is 9.87 Å². The highest BCUT2D eigenvalue weighted by atomic mass is 32.1. The molecule has 3 rings (SSSR count). The molecule has 1 aliphatic heterocycles. The smallest absolute Gasteiger partial charge is 0.327 e. The monoisotopic (exact) mass is 375 g/mol. The molecule has 2 atom stereocenters. The van der Waals surface area contributed by atoms with E-state index < -0.39 is 12.0 Å². The first-order valence-corrected chi connectivity index (χ1v) is 9.06. The Morgan fingerprint density at radius 3 is 2.48 bits per heavy atom. The van der Waals surface area contributed by atoms with Gasteiger partial charge in [0.25, 0.3) is 0 Å². The molecule has 0 saturated carbocycles. The van der Waals surface area contributed by atoms with Crippen molar-refractivity contribution in [1.29, 1.82) is 0 Å². The lowest BCUT2D eigenvalue weighted by atomic mass is 9.99. The molecule has 0 fully saturated rings. The van der Waals surface area contributed by atoms with Crippen molar-refractivity contribution in [3.8, 4) is 5.88 Å². The molecule has 25 heavy (non-hydrogen) atoms. The van der Waals surface area contributed by atoms with Gasteiger partial charge in [0.1, 0.15) is 6.04 Å². The van der Waals surface area contributed by atoms with Gasteiger partial charge in [-0.2, -0.15) is 0 Å². The predicted molar refractivity (Wildman–Crippen MR) is 97.7 cm³/mol. The van der Waals surface area contributed by atoms with Gasteiger partial charge >= 0.3 is 5.97 Å². The van der Waals surface area contributed by atoms with Crippen LogP contribution in [-0.2, 0) is 4.79 Å². The molecule has 0 amide bonds. The van der Waals surface area contributed by atoms with E-state index in [0.29, 0.717) is 21.1 Å². The van der Waals surface area contributed by atoms with Crippen LogP contribution in [0.1, 0.15) is 31.2 Å². The van der Waals surface area contributed by atoms with Crippen LogP contribution in [0.2, 0.25) is 0 Å². The van der Waals surface area contributed by atoms with E-state index in [4.69, 9.17) is 12.2 Å². The fourth-order valence-corrected chi connectivity index (χ4v) is 3.98. The molecular weight excluding hydrogens is 358 g/mol. The third-order valence-electron chi connectivity index (χ3n) is 4.17. The molecule has 0 saturated heterocycles. The first-order valence-electron chi connectivity index (χ1n) is 7.83. The highest BCUT2D eigenvalue weighted by Gasteiger charge is 2.29. The molecule has 6 nitrogen and oxygen atoms in total. The summed E-state index contributed by atoms with van der Waals surface area (Å²) in [7, 11) is 0. The molecule has 1 aromatic heterocycles. The lowest BCUT2D eigenvalue weighted by Crippen LogP contribution is -2.25. The topological polar surface area (TPSA) is 87.2 Å². The van der Waals surface area contributed by atoms with Crippen molar-refractivity contribution < 1.29 is 15.0 Å². The summed E-state index contributed by atoms with van der Waals surface area (Å²) in [6, 6.07) is 6.56. The number of rotatable bonds is 5. The number of carbonyl (C=O) groups is 1. The summed E-state index contributed by atoms with van der Waals surface area (Å²) in [5, 5.41) is 21.7. The molecule has 130 valence electrons. The van der Waals surface area contributed by atoms with Crippen LogP contribution in [0.15, 0.2) is 40.1 Å². The van der Waals surface area contributed by atoms with Crippen LogP contribution in [0.5, 0.6) is 5.88 Å². The molecule has 0 radical (unpaired) electrons. The summed E-state index contributed by atoms with van der Waals surface area (Å²) in [5.74, 6) is -0.886. The quantitative estimate of drug-likeness (QED) is 0.787. The van der Waals surface area contributed by atoms with E-state index in [1.807, 2.05) is 38.1 Å². The minimum atomic E-state index is -1.01. The third-order valence-corrected chi connectivity index (χ3v) is 5.51. The number of fused-ring (bicyclic) bond motifs is 1. The number of hydrogen-bond donors (Lipinski definition) is 2. The zero-order chi connectivity index (χ0) is 18.1. The average molecular weight is 375 g/mol. The summed E-state index contributed by atoms with van der Waals surface area (Å²) in [4.78, 5) is 20.9. The van der Waals surface area contributed by atoms with Crippen LogP contribution in [-0.4, -0.2) is 20.7 Å². The number of thiazole rings is 1. The normalized spacial score (nSPS) is 15.0. The largest absolute Gasteiger partial charge is 0.493 e. The Balaban J connectivity index is 2.07. The number of nitrogens with zero attached hydrogens (tertiary/aromatic N) is 3. The Morgan fingerprint density at radius 1 is 1.36 bits per heavy atom. The lowest BCUT2D eigenvalue weighted by Gasteiger charge is -2.20. The minimum absolute atomic E-state index is 0.156. The van der Waals surface area contributed by atoms with Crippen LogP contribution in [0.25, 0.3) is 6.08 Å². The summed E-state index contributed by atoms with van der Waals surface area (Å²) >= 11 is 6.45. The number of aromatic nitrogens is 1. The maximum absolute atomic E-state index is 11.7. The lowest BCUT2D eigenvalue weighted by molar-refractivity contribution is -0.142. The molecule has 2 N–H and O–H groups in total. The van der Waals surface area contributed by atoms with Crippen LogP contribution < -0.4 is 10.7 Å². The molecule has 1 aliphatic rings. The Kier molecular flexibility index (Phi) is 4.82. The van der Waals surface area contributed by atoms with E-state index in [0.717, 1.165) is 22.1 Å². The fraction of sp³-hybridized carbons (Fsp3) is 0.294. The van der Waals surface area contributed by atoms with Gasteiger partial charge in [-0.25, -0.2) is 14.8 Å². The zero-order valence-electron chi connectivity index (χ0n) is 13.7. The average Bonchev–Trinajstić information content (AvgIpc) is 3.10. The number of para-hydroxylation sites is 2. The summed E-state index contributed by atoms with van der Waals surface area (Å²) in [5.41, 5.74) is 0. The molecule has 2 aromatic rings. The van der Waals surface area contributed by atoms with Crippen molar-refractivity contribution in [3.05, 3.63) is 49.6 Å². The zero-order valence-corrected chi connectivity index (χ0v) is 15.3. The maximum atomic E-state index is 11.7. The van der Waals surface area contributed by atoms with Crippen LogP contribution in [0.4, 0.5) is 0 Å². The van der Waals surface area contributed by atoms with Crippen molar-refractivity contribution in [1.82, 2.24) is 4.57 Å². The number of aromatic hydroxyl groups is 1. The van der Waals surface area contributed by atoms with E-state index in [1.165, 1.54) is 4.57 Å². The van der Waals surface area contributed by atoms with Crippen molar-refractivity contribution in [3.63, 3.8) is 0 Å². The van der Waals surface area contributed by atoms with Gasteiger partial charge in [-0.05, 0) is 30.3 Å². The highest BCUT2D eigenvalue weighted by molar-refractivity contribution is 7.73. The van der Waals surface area contributed by atoms with Gasteiger partial charge in [0, 0.05) is 6.08 Å². The van der Waals surface area contributed by atoms with Crippen molar-refractivity contribution in [2.75, 3.05) is 0 Å². The Hall–Kier alpha value is -2.32. The first kappa shape index (κ1) is 17.5. The van der Waals surface area contributed by atoms with E-state index in [-0.39, 0.29) is 11.8 Å². The minimum Gasteiger partial charge on any atom is -0.493 e. The fourth-order valence-electron chi connectivity index (χ4n) is 2.67. The standard InChI is InChI=1S/C17H17N3O3S2/c1-3-9(2)14(16(22)23)20-15(21)12(25-17(20)24)8-13-18-10-6-4-5-7-11(10)19-13/h4-9,14,21H,3H2,1-2H3,(H,22,23). The second-order valence-electron chi connectivity index (χ2n) is 5.81. The SMILES string of the molecule is CCC(C)C(C(=O)O)n1c(O)c(C=C2N=c3ccccc3=N2)sc1=S. The van der Waals surface area contributed by atoms with Crippen molar-refractivity contribution in [2.45, 2.75) is 26.3 Å². The molecule has 2 unspecified atom stereocenters.